The average Bonchev–Trinajstić information content (AvgIpc) is 3.26. The maximum Gasteiger partial charge on any atom is 0.330 e. The van der Waals surface area contributed by atoms with Crippen molar-refractivity contribution in [3.05, 3.63) is 71.3 Å². The van der Waals surface area contributed by atoms with Crippen LogP contribution in [0.15, 0.2) is 59.5 Å². The van der Waals surface area contributed by atoms with E-state index in [1.807, 2.05) is 6.92 Å². The van der Waals surface area contributed by atoms with E-state index in [0.717, 1.165) is 15.9 Å². The van der Waals surface area contributed by atoms with Gasteiger partial charge < -0.3 is 9.47 Å². The number of fused-ring (bicyclic) bond motifs is 1. The Balaban J connectivity index is 1.79. The summed E-state index contributed by atoms with van der Waals surface area (Å²) in [6, 6.07) is 10.0. The first-order chi connectivity index (χ1) is 16.1. The number of sulfonamides is 1. The largest absolute Gasteiger partial charge is 0.497 e. The summed E-state index contributed by atoms with van der Waals surface area (Å²) in [5, 5.41) is 0. The molecule has 0 unspecified atom stereocenters. The van der Waals surface area contributed by atoms with Crippen molar-refractivity contribution in [2.75, 3.05) is 13.7 Å². The molecule has 1 amide bonds. The highest BCUT2D eigenvalue weighted by Crippen LogP contribution is 2.49. The molecule has 2 aromatic carbocycles. The van der Waals surface area contributed by atoms with Crippen molar-refractivity contribution in [3.8, 4) is 5.75 Å². The number of ketones is 1. The minimum atomic E-state index is -4.30. The molecule has 0 bridgehead atoms. The number of aryl methyl sites for hydroxylation is 1. The van der Waals surface area contributed by atoms with Crippen molar-refractivity contribution in [1.29, 1.82) is 0 Å². The molecule has 34 heavy (non-hydrogen) atoms. The number of benzene rings is 2. The van der Waals surface area contributed by atoms with Crippen LogP contribution in [0.2, 0.25) is 0 Å². The molecule has 8 nitrogen and oxygen atoms in total. The molecule has 1 fully saturated rings. The van der Waals surface area contributed by atoms with Gasteiger partial charge in [0.1, 0.15) is 11.2 Å². The van der Waals surface area contributed by atoms with Crippen molar-refractivity contribution in [3.63, 3.8) is 0 Å². The molecule has 178 valence electrons. The number of Topliss-reactive ketones (excluding diaryl/α,β-unsaturated/α-hetero) is 1. The summed E-state index contributed by atoms with van der Waals surface area (Å²) in [6.45, 7) is 3.62. The third-order valence-electron chi connectivity index (χ3n) is 6.27. The summed E-state index contributed by atoms with van der Waals surface area (Å²) in [4.78, 5) is 39.1. The van der Waals surface area contributed by atoms with Gasteiger partial charge in [-0.05, 0) is 62.6 Å². The van der Waals surface area contributed by atoms with Crippen molar-refractivity contribution in [2.45, 2.75) is 37.6 Å². The number of carbonyl (C=O) groups excluding carboxylic acids is 3. The minimum Gasteiger partial charge on any atom is -0.497 e. The SMILES string of the molecule is CCOC(=O)/C=C/[C@H]1C[C@]2(Cc3cc(OC)ccc3C2=O)C(=O)N1S(=O)(=O)c1ccc(C)cc1. The monoisotopic (exact) mass is 483 g/mol. The minimum absolute atomic E-state index is 0.0564. The molecule has 9 heteroatoms. The van der Waals surface area contributed by atoms with Gasteiger partial charge in [0.25, 0.3) is 15.9 Å². The Bertz CT molecular complexity index is 1300. The Morgan fingerprint density at radius 2 is 1.88 bits per heavy atom. The second kappa shape index (κ2) is 8.72. The van der Waals surface area contributed by atoms with Gasteiger partial charge in [-0.15, -0.1) is 0 Å². The van der Waals surface area contributed by atoms with Gasteiger partial charge in [-0.2, -0.15) is 0 Å². The van der Waals surface area contributed by atoms with E-state index in [1.54, 1.807) is 37.3 Å². The molecular formula is C25H25NO7S. The molecule has 2 atom stereocenters. The summed E-state index contributed by atoms with van der Waals surface area (Å²) in [5.41, 5.74) is 0.283. The second-order valence-corrected chi connectivity index (χ2v) is 10.2. The Morgan fingerprint density at radius 1 is 1.18 bits per heavy atom. The van der Waals surface area contributed by atoms with Gasteiger partial charge in [0.15, 0.2) is 5.78 Å². The smallest absolute Gasteiger partial charge is 0.330 e. The quantitative estimate of drug-likeness (QED) is 0.353. The average molecular weight is 484 g/mol. The Morgan fingerprint density at radius 3 is 2.53 bits per heavy atom. The highest BCUT2D eigenvalue weighted by Gasteiger charge is 2.62. The van der Waals surface area contributed by atoms with E-state index in [1.165, 1.54) is 25.3 Å². The normalized spacial score (nSPS) is 22.0. The maximum atomic E-state index is 13.8. The first-order valence-electron chi connectivity index (χ1n) is 10.9. The van der Waals surface area contributed by atoms with Gasteiger partial charge in [-0.3, -0.25) is 9.59 Å². The van der Waals surface area contributed by atoms with Crippen LogP contribution in [0.3, 0.4) is 0 Å². The van der Waals surface area contributed by atoms with E-state index < -0.39 is 39.1 Å². The van der Waals surface area contributed by atoms with Crippen LogP contribution in [0, 0.1) is 12.3 Å². The fraction of sp³-hybridized carbons (Fsp3) is 0.320. The van der Waals surface area contributed by atoms with Gasteiger partial charge in [-0.25, -0.2) is 17.5 Å². The zero-order chi connectivity index (χ0) is 24.7. The Hall–Kier alpha value is -3.46. The van der Waals surface area contributed by atoms with Crippen LogP contribution in [-0.2, 0) is 30.8 Å². The van der Waals surface area contributed by atoms with Crippen LogP contribution >= 0.6 is 0 Å². The van der Waals surface area contributed by atoms with Crippen LogP contribution in [-0.4, -0.2) is 50.1 Å². The molecule has 2 aromatic rings. The molecule has 1 heterocycles. The predicted octanol–water partition coefficient (Wildman–Crippen LogP) is 2.84. The number of hydrogen-bond donors (Lipinski definition) is 0. The number of nitrogens with zero attached hydrogens (tertiary/aromatic N) is 1. The molecule has 1 aliphatic heterocycles. The molecule has 4 rings (SSSR count). The number of amides is 1. The molecule has 0 radical (unpaired) electrons. The summed E-state index contributed by atoms with van der Waals surface area (Å²) in [7, 11) is -2.80. The fourth-order valence-electron chi connectivity index (χ4n) is 4.59. The number of carbonyl (C=O) groups is 3. The number of esters is 1. The third-order valence-corrected chi connectivity index (χ3v) is 8.09. The lowest BCUT2D eigenvalue weighted by Crippen LogP contribution is -2.43. The maximum absolute atomic E-state index is 13.8. The van der Waals surface area contributed by atoms with Crippen molar-refractivity contribution >= 4 is 27.7 Å². The lowest BCUT2D eigenvalue weighted by molar-refractivity contribution is -0.137. The number of rotatable bonds is 6. The topological polar surface area (TPSA) is 107 Å². The molecule has 1 saturated heterocycles. The van der Waals surface area contributed by atoms with Gasteiger partial charge >= 0.3 is 5.97 Å². The first kappa shape index (κ1) is 23.7. The van der Waals surface area contributed by atoms with E-state index in [0.29, 0.717) is 16.9 Å². The number of hydrogen-bond acceptors (Lipinski definition) is 7. The molecule has 0 N–H and O–H groups in total. The second-order valence-electron chi connectivity index (χ2n) is 8.41. The summed E-state index contributed by atoms with van der Waals surface area (Å²) in [5.74, 6) is -1.34. The van der Waals surface area contributed by atoms with E-state index >= 15 is 0 Å². The van der Waals surface area contributed by atoms with E-state index in [4.69, 9.17) is 9.47 Å². The first-order valence-corrected chi connectivity index (χ1v) is 12.3. The summed E-state index contributed by atoms with van der Waals surface area (Å²) >= 11 is 0. The Labute approximate surface area is 198 Å². The Kier molecular flexibility index (Phi) is 6.07. The van der Waals surface area contributed by atoms with Gasteiger partial charge in [0, 0.05) is 11.6 Å². The third kappa shape index (κ3) is 3.79. The fourth-order valence-corrected chi connectivity index (χ4v) is 6.19. The predicted molar refractivity (Wildman–Crippen MR) is 123 cm³/mol. The number of ether oxygens (including phenoxy) is 2. The zero-order valence-corrected chi connectivity index (χ0v) is 19.9. The highest BCUT2D eigenvalue weighted by atomic mass is 32.2. The van der Waals surface area contributed by atoms with E-state index in [-0.39, 0.29) is 24.3 Å². The summed E-state index contributed by atoms with van der Waals surface area (Å²) < 4.78 is 38.0. The summed E-state index contributed by atoms with van der Waals surface area (Å²) in [6.07, 6.45) is 2.41. The van der Waals surface area contributed by atoms with Crippen molar-refractivity contribution in [2.24, 2.45) is 5.41 Å². The zero-order valence-electron chi connectivity index (χ0n) is 19.1. The molecule has 0 aromatic heterocycles. The van der Waals surface area contributed by atoms with Gasteiger partial charge in [0.2, 0.25) is 0 Å². The van der Waals surface area contributed by atoms with Crippen LogP contribution < -0.4 is 4.74 Å². The highest BCUT2D eigenvalue weighted by molar-refractivity contribution is 7.89. The van der Waals surface area contributed by atoms with Crippen molar-refractivity contribution in [1.82, 2.24) is 4.31 Å². The lowest BCUT2D eigenvalue weighted by atomic mass is 9.80. The molecule has 0 saturated carbocycles. The molecular weight excluding hydrogens is 458 g/mol. The number of methoxy groups -OCH3 is 1. The van der Waals surface area contributed by atoms with Crippen molar-refractivity contribution < 1.29 is 32.3 Å². The van der Waals surface area contributed by atoms with Crippen LogP contribution in [0.5, 0.6) is 5.75 Å². The van der Waals surface area contributed by atoms with Gasteiger partial charge in [-0.1, -0.05) is 23.8 Å². The van der Waals surface area contributed by atoms with E-state index in [2.05, 4.69) is 0 Å². The standard InChI is InChI=1S/C25H25NO7S/c1-4-33-22(27)12-7-18-15-25(14-17-13-19(32-3)8-11-21(17)23(25)28)24(29)26(18)34(30,31)20-9-5-16(2)6-10-20/h5-13,18H,4,14-15H2,1-3H3/b12-7+/t18-,25-/m0/s1. The molecule has 2 aliphatic rings. The van der Waals surface area contributed by atoms with E-state index in [9.17, 15) is 22.8 Å². The molecule has 1 aliphatic carbocycles. The lowest BCUT2D eigenvalue weighted by Gasteiger charge is -2.23. The van der Waals surface area contributed by atoms with Gasteiger partial charge in [0.05, 0.1) is 24.7 Å². The van der Waals surface area contributed by atoms with Crippen LogP contribution in [0.4, 0.5) is 0 Å². The van der Waals surface area contributed by atoms with Crippen LogP contribution in [0.1, 0.15) is 34.8 Å². The molecule has 1 spiro atoms. The van der Waals surface area contributed by atoms with Crippen LogP contribution in [0.25, 0.3) is 0 Å².